The normalized spacial score (nSPS) is 25.8. The molecule has 3 aliphatic rings. The summed E-state index contributed by atoms with van der Waals surface area (Å²) in [6.45, 7) is -0.248. The van der Waals surface area contributed by atoms with Crippen molar-refractivity contribution in [2.75, 3.05) is 6.61 Å². The highest BCUT2D eigenvalue weighted by Crippen LogP contribution is 2.48. The van der Waals surface area contributed by atoms with E-state index in [1.807, 2.05) is 30.3 Å². The zero-order valence-corrected chi connectivity index (χ0v) is 23.4. The number of nitrogens with two attached hydrogens (primary N) is 2. The molecule has 2 heterocycles. The van der Waals surface area contributed by atoms with Crippen molar-refractivity contribution in [1.82, 2.24) is 0 Å². The van der Waals surface area contributed by atoms with Crippen molar-refractivity contribution < 1.29 is 44.2 Å². The predicted octanol–water partition coefficient (Wildman–Crippen LogP) is 0.998. The number of benzene rings is 3. The van der Waals surface area contributed by atoms with Gasteiger partial charge in [-0.2, -0.15) is 0 Å². The number of hydrogen-bond acceptors (Lipinski definition) is 10. The van der Waals surface area contributed by atoms with Crippen LogP contribution in [0.25, 0.3) is 0 Å². The first-order chi connectivity index (χ1) is 21.2. The van der Waals surface area contributed by atoms with E-state index < -0.39 is 54.1 Å². The van der Waals surface area contributed by atoms with Gasteiger partial charge in [-0.25, -0.2) is 4.99 Å². The maximum atomic E-state index is 14.1. The molecule has 2 aliphatic heterocycles. The number of guanidine groups is 1. The molecule has 1 aliphatic carbocycles. The molecule has 12 heteroatoms. The van der Waals surface area contributed by atoms with Gasteiger partial charge in [0, 0.05) is 22.3 Å². The molecule has 0 amide bonds. The van der Waals surface area contributed by atoms with Gasteiger partial charge in [0.1, 0.15) is 37.1 Å². The van der Waals surface area contributed by atoms with E-state index in [1.54, 1.807) is 18.2 Å². The number of carbonyl (C=O) groups is 2. The molecule has 6 rings (SSSR count). The lowest BCUT2D eigenvalue weighted by Crippen LogP contribution is -2.60. The van der Waals surface area contributed by atoms with Crippen molar-refractivity contribution in [3.63, 3.8) is 0 Å². The van der Waals surface area contributed by atoms with Crippen LogP contribution in [0.3, 0.4) is 0 Å². The summed E-state index contributed by atoms with van der Waals surface area (Å²) in [5.74, 6) is -2.45. The Hall–Kier alpha value is -4.75. The zero-order valence-electron chi connectivity index (χ0n) is 23.4. The van der Waals surface area contributed by atoms with E-state index in [1.165, 1.54) is 18.4 Å². The number of rotatable bonds is 4. The van der Waals surface area contributed by atoms with E-state index in [2.05, 4.69) is 4.99 Å². The molecule has 228 valence electrons. The second-order valence-corrected chi connectivity index (χ2v) is 10.8. The number of aliphatic hydroxyl groups is 3. The number of aromatic hydroxyl groups is 1. The predicted molar refractivity (Wildman–Crippen MR) is 156 cm³/mol. The Balaban J connectivity index is 1.64. The molecule has 0 aromatic heterocycles. The van der Waals surface area contributed by atoms with Crippen molar-refractivity contribution in [2.45, 2.75) is 49.6 Å². The van der Waals surface area contributed by atoms with E-state index in [0.29, 0.717) is 12.0 Å². The smallest absolute Gasteiger partial charge is 0.229 e. The standard InChI is InChI=1S/C32H31N3O9/c33-32(34)35-19-12-13-42-14-20-26(38)28(40)29(41)31(43-20)44-30-21(19)18(11-10-15-6-2-1-3-7-15)22-23(27(30)39)25(37)17-9-5-4-8-16(17)24(22)36/h1-9,12-13,19-20,26,28-29,31,38-41H,10-11,14H2,(H4,33,34,35). The van der Waals surface area contributed by atoms with Gasteiger partial charge in [-0.05, 0) is 30.0 Å². The Morgan fingerprint density at radius 3 is 2.20 bits per heavy atom. The number of nitrogens with zero attached hydrogens (tertiary/aromatic N) is 1. The van der Waals surface area contributed by atoms with Gasteiger partial charge in [0.2, 0.25) is 6.29 Å². The van der Waals surface area contributed by atoms with Crippen molar-refractivity contribution in [2.24, 2.45) is 16.5 Å². The summed E-state index contributed by atoms with van der Waals surface area (Å²) in [6.07, 6.45) is -4.46. The van der Waals surface area contributed by atoms with Crippen LogP contribution in [0, 0.1) is 0 Å². The molecule has 6 unspecified atom stereocenters. The van der Waals surface area contributed by atoms with Crippen LogP contribution in [0.4, 0.5) is 0 Å². The van der Waals surface area contributed by atoms with Crippen LogP contribution in [-0.4, -0.2) is 75.3 Å². The third-order valence-electron chi connectivity index (χ3n) is 8.05. The van der Waals surface area contributed by atoms with Crippen molar-refractivity contribution in [3.8, 4) is 11.5 Å². The average molecular weight is 602 g/mol. The van der Waals surface area contributed by atoms with Gasteiger partial charge in [0.25, 0.3) is 0 Å². The maximum absolute atomic E-state index is 14.1. The maximum Gasteiger partial charge on any atom is 0.229 e. The molecule has 0 radical (unpaired) electrons. The number of ether oxygens (including phenoxy) is 3. The summed E-state index contributed by atoms with van der Waals surface area (Å²) in [5.41, 5.74) is 13.0. The molecule has 0 saturated carbocycles. The molecule has 6 atom stereocenters. The zero-order chi connectivity index (χ0) is 31.1. The second kappa shape index (κ2) is 11.7. The SMILES string of the molecule is NC(N)=NC1C=COCC2OC(Oc3c(O)c4c(c(CCc5ccccc5)c31)C(=O)c1ccccc1C4=O)C(O)C(O)C2O. The van der Waals surface area contributed by atoms with Crippen LogP contribution < -0.4 is 16.2 Å². The number of aryl methyl sites for hydroxylation is 1. The van der Waals surface area contributed by atoms with Gasteiger partial charge in [-0.3, -0.25) is 9.59 Å². The van der Waals surface area contributed by atoms with E-state index in [-0.39, 0.29) is 52.6 Å². The summed E-state index contributed by atoms with van der Waals surface area (Å²) in [6, 6.07) is 14.6. The van der Waals surface area contributed by atoms with Gasteiger partial charge in [0.15, 0.2) is 29.0 Å². The number of phenolic OH excluding ortho intramolecular Hbond substituents is 1. The van der Waals surface area contributed by atoms with E-state index in [0.717, 1.165) is 5.56 Å². The van der Waals surface area contributed by atoms with Crippen LogP contribution in [-0.2, 0) is 22.3 Å². The van der Waals surface area contributed by atoms with Crippen LogP contribution in [0.15, 0.2) is 71.9 Å². The largest absolute Gasteiger partial charge is 0.504 e. The highest BCUT2D eigenvalue weighted by Gasteiger charge is 2.47. The Morgan fingerprint density at radius 1 is 0.864 bits per heavy atom. The number of ketones is 2. The lowest BCUT2D eigenvalue weighted by molar-refractivity contribution is -0.277. The Bertz CT molecular complexity index is 1670. The van der Waals surface area contributed by atoms with Gasteiger partial charge in [-0.15, -0.1) is 0 Å². The minimum Gasteiger partial charge on any atom is -0.504 e. The van der Waals surface area contributed by atoms with Crippen molar-refractivity contribution >= 4 is 17.5 Å². The van der Waals surface area contributed by atoms with Crippen LogP contribution in [0.1, 0.15) is 54.6 Å². The fourth-order valence-corrected chi connectivity index (χ4v) is 5.92. The summed E-state index contributed by atoms with van der Waals surface area (Å²) in [5, 5.41) is 43.7. The average Bonchev–Trinajstić information content (AvgIpc) is 3.05. The van der Waals surface area contributed by atoms with Crippen LogP contribution in [0.2, 0.25) is 0 Å². The van der Waals surface area contributed by atoms with Gasteiger partial charge in [-0.1, -0.05) is 54.6 Å². The van der Waals surface area contributed by atoms with Gasteiger partial charge < -0.3 is 46.1 Å². The Kier molecular flexibility index (Phi) is 7.82. The molecule has 12 nitrogen and oxygen atoms in total. The summed E-state index contributed by atoms with van der Waals surface area (Å²) in [7, 11) is 0. The molecule has 3 aromatic rings. The topological polar surface area (TPSA) is 207 Å². The lowest BCUT2D eigenvalue weighted by atomic mass is 9.77. The monoisotopic (exact) mass is 601 g/mol. The first kappa shape index (κ1) is 29.3. The van der Waals surface area contributed by atoms with Crippen LogP contribution in [0.5, 0.6) is 11.5 Å². The third-order valence-corrected chi connectivity index (χ3v) is 8.05. The molecule has 3 aromatic carbocycles. The number of aliphatic imine (C=N–C) groups is 1. The van der Waals surface area contributed by atoms with E-state index in [9.17, 15) is 30.0 Å². The third kappa shape index (κ3) is 5.07. The fourth-order valence-electron chi connectivity index (χ4n) is 5.92. The summed E-state index contributed by atoms with van der Waals surface area (Å²) < 4.78 is 17.5. The number of fused-ring (bicyclic) bond motifs is 5. The van der Waals surface area contributed by atoms with E-state index in [4.69, 9.17) is 25.7 Å². The molecule has 1 saturated heterocycles. The molecular weight excluding hydrogens is 570 g/mol. The molecular formula is C32H31N3O9. The first-order valence-electron chi connectivity index (χ1n) is 14.0. The Labute approximate surface area is 251 Å². The second-order valence-electron chi connectivity index (χ2n) is 10.8. The number of aliphatic hydroxyl groups excluding tert-OH is 3. The van der Waals surface area contributed by atoms with Crippen molar-refractivity contribution in [1.29, 1.82) is 0 Å². The van der Waals surface area contributed by atoms with Gasteiger partial charge in [0.05, 0.1) is 11.8 Å². The molecule has 44 heavy (non-hydrogen) atoms. The molecule has 2 bridgehead atoms. The number of phenols is 1. The van der Waals surface area contributed by atoms with Crippen molar-refractivity contribution in [3.05, 3.63) is 106 Å². The fraction of sp³-hybridized carbons (Fsp3) is 0.281. The highest BCUT2D eigenvalue weighted by molar-refractivity contribution is 6.30. The minimum absolute atomic E-state index is 0.0251. The number of carbonyl (C=O) groups excluding carboxylic acids is 2. The quantitative estimate of drug-likeness (QED) is 0.144. The van der Waals surface area contributed by atoms with Gasteiger partial charge >= 0.3 is 0 Å². The highest BCUT2D eigenvalue weighted by atomic mass is 16.7. The lowest BCUT2D eigenvalue weighted by Gasteiger charge is -2.40. The number of hydrogen-bond donors (Lipinski definition) is 6. The van der Waals surface area contributed by atoms with E-state index >= 15 is 0 Å². The first-order valence-corrected chi connectivity index (χ1v) is 14.0. The summed E-state index contributed by atoms with van der Waals surface area (Å²) >= 11 is 0. The minimum atomic E-state index is -1.77. The molecule has 0 spiro atoms. The Morgan fingerprint density at radius 2 is 1.52 bits per heavy atom. The molecule has 1 fully saturated rings. The van der Waals surface area contributed by atoms with Crippen LogP contribution >= 0.6 is 0 Å². The molecule has 8 N–H and O–H groups in total. The summed E-state index contributed by atoms with van der Waals surface area (Å²) in [4.78, 5) is 32.4.